The molecule has 0 amide bonds. The molecule has 1 aromatic heterocycles. The Morgan fingerprint density at radius 2 is 2.43 bits per heavy atom. The average Bonchev–Trinajstić information content (AvgIpc) is 2.21. The fraction of sp³-hybridized carbons (Fsp3) is 0.400. The van der Waals surface area contributed by atoms with E-state index in [1.807, 2.05) is 19.1 Å². The SMILES string of the molecule is Cc1ccc(C(C#N)NCCO)cn1. The Morgan fingerprint density at radius 3 is 2.93 bits per heavy atom. The van der Waals surface area contributed by atoms with Crippen LogP contribution >= 0.6 is 0 Å². The maximum atomic E-state index is 8.85. The minimum atomic E-state index is -0.393. The molecule has 0 aromatic carbocycles. The molecule has 1 unspecified atom stereocenters. The first kappa shape index (κ1) is 10.6. The van der Waals surface area contributed by atoms with Gasteiger partial charge in [-0.3, -0.25) is 10.3 Å². The van der Waals surface area contributed by atoms with Crippen molar-refractivity contribution in [2.24, 2.45) is 0 Å². The molecule has 4 nitrogen and oxygen atoms in total. The number of aliphatic hydroxyl groups is 1. The van der Waals surface area contributed by atoms with Gasteiger partial charge in [-0.2, -0.15) is 5.26 Å². The van der Waals surface area contributed by atoms with Crippen molar-refractivity contribution in [3.63, 3.8) is 0 Å². The van der Waals surface area contributed by atoms with Crippen molar-refractivity contribution in [1.82, 2.24) is 10.3 Å². The van der Waals surface area contributed by atoms with E-state index >= 15 is 0 Å². The number of nitrogens with one attached hydrogen (secondary N) is 1. The monoisotopic (exact) mass is 191 g/mol. The van der Waals surface area contributed by atoms with Crippen LogP contribution in [0, 0.1) is 18.3 Å². The highest BCUT2D eigenvalue weighted by Crippen LogP contribution is 2.10. The molecule has 1 aromatic rings. The molecule has 1 atom stereocenters. The fourth-order valence-electron chi connectivity index (χ4n) is 1.10. The maximum Gasteiger partial charge on any atom is 0.122 e. The topological polar surface area (TPSA) is 68.9 Å². The predicted molar refractivity (Wildman–Crippen MR) is 52.4 cm³/mol. The van der Waals surface area contributed by atoms with Crippen molar-refractivity contribution >= 4 is 0 Å². The van der Waals surface area contributed by atoms with Gasteiger partial charge >= 0.3 is 0 Å². The highest BCUT2D eigenvalue weighted by atomic mass is 16.3. The van der Waals surface area contributed by atoms with Crippen LogP contribution in [-0.4, -0.2) is 23.2 Å². The van der Waals surface area contributed by atoms with Crippen LogP contribution < -0.4 is 5.32 Å². The Hall–Kier alpha value is -1.44. The van der Waals surface area contributed by atoms with E-state index in [1.165, 1.54) is 0 Å². The van der Waals surface area contributed by atoms with E-state index in [0.29, 0.717) is 6.54 Å². The lowest BCUT2D eigenvalue weighted by Gasteiger charge is -2.09. The van der Waals surface area contributed by atoms with Gasteiger partial charge in [-0.05, 0) is 13.0 Å². The van der Waals surface area contributed by atoms with Gasteiger partial charge in [-0.1, -0.05) is 6.07 Å². The van der Waals surface area contributed by atoms with Gasteiger partial charge in [-0.25, -0.2) is 0 Å². The average molecular weight is 191 g/mol. The molecule has 0 fully saturated rings. The largest absolute Gasteiger partial charge is 0.395 e. The van der Waals surface area contributed by atoms with Crippen molar-refractivity contribution in [3.05, 3.63) is 29.6 Å². The molecule has 1 heterocycles. The summed E-state index contributed by atoms with van der Waals surface area (Å²) in [5.74, 6) is 0. The lowest BCUT2D eigenvalue weighted by atomic mass is 10.1. The molecule has 0 saturated carbocycles. The Labute approximate surface area is 83.2 Å². The number of hydrogen-bond donors (Lipinski definition) is 2. The summed E-state index contributed by atoms with van der Waals surface area (Å²) < 4.78 is 0. The van der Waals surface area contributed by atoms with Gasteiger partial charge in [0, 0.05) is 24.0 Å². The molecule has 0 bridgehead atoms. The van der Waals surface area contributed by atoms with Gasteiger partial charge in [-0.15, -0.1) is 0 Å². The summed E-state index contributed by atoms with van der Waals surface area (Å²) in [7, 11) is 0. The number of nitriles is 1. The third-order valence-electron chi connectivity index (χ3n) is 1.86. The molecule has 0 aliphatic carbocycles. The van der Waals surface area contributed by atoms with E-state index < -0.39 is 6.04 Å². The molecule has 0 saturated heterocycles. The summed E-state index contributed by atoms with van der Waals surface area (Å²) in [5, 5.41) is 20.4. The van der Waals surface area contributed by atoms with Gasteiger partial charge in [0.15, 0.2) is 0 Å². The molecule has 2 N–H and O–H groups in total. The standard InChI is InChI=1S/C10H13N3O/c1-8-2-3-9(7-13-8)10(6-11)12-4-5-14/h2-3,7,10,12,14H,4-5H2,1H3. The number of pyridine rings is 1. The summed E-state index contributed by atoms with van der Waals surface area (Å²) in [6.07, 6.45) is 1.67. The van der Waals surface area contributed by atoms with Gasteiger partial charge in [0.05, 0.1) is 12.7 Å². The number of aryl methyl sites for hydroxylation is 1. The second-order valence-electron chi connectivity index (χ2n) is 2.97. The molecule has 1 rings (SSSR count). The Bertz CT molecular complexity index is 315. The molecule has 0 radical (unpaired) electrons. The summed E-state index contributed by atoms with van der Waals surface area (Å²) in [6.45, 7) is 2.33. The Balaban J connectivity index is 2.70. The summed E-state index contributed by atoms with van der Waals surface area (Å²) in [4.78, 5) is 4.10. The molecular formula is C10H13N3O. The van der Waals surface area contributed by atoms with Crippen molar-refractivity contribution < 1.29 is 5.11 Å². The normalized spacial score (nSPS) is 12.1. The third-order valence-corrected chi connectivity index (χ3v) is 1.86. The van der Waals surface area contributed by atoms with Crippen molar-refractivity contribution in [2.45, 2.75) is 13.0 Å². The molecule has 0 aliphatic heterocycles. The van der Waals surface area contributed by atoms with Crippen LogP contribution in [0.4, 0.5) is 0 Å². The fourth-order valence-corrected chi connectivity index (χ4v) is 1.10. The Kier molecular flexibility index (Phi) is 4.05. The molecule has 0 spiro atoms. The first-order valence-electron chi connectivity index (χ1n) is 4.44. The van der Waals surface area contributed by atoms with Gasteiger partial charge in [0.2, 0.25) is 0 Å². The highest BCUT2D eigenvalue weighted by molar-refractivity contribution is 5.22. The van der Waals surface area contributed by atoms with Crippen molar-refractivity contribution in [3.8, 4) is 6.07 Å². The van der Waals surface area contributed by atoms with Gasteiger partial charge in [0.1, 0.15) is 6.04 Å². The van der Waals surface area contributed by atoms with Crippen LogP contribution in [0.5, 0.6) is 0 Å². The molecular weight excluding hydrogens is 178 g/mol. The minimum absolute atomic E-state index is 0.0253. The molecule has 74 valence electrons. The van der Waals surface area contributed by atoms with Crippen LogP contribution in [0.15, 0.2) is 18.3 Å². The number of aliphatic hydroxyl groups excluding tert-OH is 1. The predicted octanol–water partition coefficient (Wildman–Crippen LogP) is 0.537. The molecule has 0 aliphatic rings. The summed E-state index contributed by atoms with van der Waals surface area (Å²) in [6, 6.07) is 5.44. The van der Waals surface area contributed by atoms with E-state index in [1.54, 1.807) is 6.20 Å². The van der Waals surface area contributed by atoms with Crippen LogP contribution in [0.1, 0.15) is 17.3 Å². The quantitative estimate of drug-likeness (QED) is 0.728. The zero-order valence-electron chi connectivity index (χ0n) is 8.07. The highest BCUT2D eigenvalue weighted by Gasteiger charge is 2.08. The minimum Gasteiger partial charge on any atom is -0.395 e. The van der Waals surface area contributed by atoms with Gasteiger partial charge < -0.3 is 5.11 Å². The smallest absolute Gasteiger partial charge is 0.122 e. The van der Waals surface area contributed by atoms with E-state index in [9.17, 15) is 0 Å². The zero-order valence-corrected chi connectivity index (χ0v) is 8.07. The van der Waals surface area contributed by atoms with E-state index in [0.717, 1.165) is 11.3 Å². The van der Waals surface area contributed by atoms with Gasteiger partial charge in [0.25, 0.3) is 0 Å². The summed E-state index contributed by atoms with van der Waals surface area (Å²) in [5.41, 5.74) is 1.75. The van der Waals surface area contributed by atoms with E-state index in [4.69, 9.17) is 10.4 Å². The number of rotatable bonds is 4. The van der Waals surface area contributed by atoms with E-state index in [-0.39, 0.29) is 6.61 Å². The Morgan fingerprint density at radius 1 is 1.64 bits per heavy atom. The van der Waals surface area contributed by atoms with Crippen LogP contribution in [0.3, 0.4) is 0 Å². The third kappa shape index (κ3) is 2.80. The second kappa shape index (κ2) is 5.32. The first-order valence-corrected chi connectivity index (χ1v) is 4.44. The number of nitrogens with zero attached hydrogens (tertiary/aromatic N) is 2. The first-order chi connectivity index (χ1) is 6.77. The number of hydrogen-bond acceptors (Lipinski definition) is 4. The van der Waals surface area contributed by atoms with Crippen LogP contribution in [-0.2, 0) is 0 Å². The van der Waals surface area contributed by atoms with Crippen molar-refractivity contribution in [1.29, 1.82) is 5.26 Å². The maximum absolute atomic E-state index is 8.85. The zero-order chi connectivity index (χ0) is 10.4. The second-order valence-corrected chi connectivity index (χ2v) is 2.97. The van der Waals surface area contributed by atoms with Crippen LogP contribution in [0.2, 0.25) is 0 Å². The number of aromatic nitrogens is 1. The van der Waals surface area contributed by atoms with Crippen molar-refractivity contribution in [2.75, 3.05) is 13.2 Å². The summed E-state index contributed by atoms with van der Waals surface area (Å²) >= 11 is 0. The lowest BCUT2D eigenvalue weighted by molar-refractivity contribution is 0.289. The van der Waals surface area contributed by atoms with E-state index in [2.05, 4.69) is 16.4 Å². The lowest BCUT2D eigenvalue weighted by Crippen LogP contribution is -2.23. The molecule has 14 heavy (non-hydrogen) atoms. The molecule has 4 heteroatoms. The van der Waals surface area contributed by atoms with Crippen LogP contribution in [0.25, 0.3) is 0 Å².